The van der Waals surface area contributed by atoms with Crippen LogP contribution in [0.5, 0.6) is 0 Å². The van der Waals surface area contributed by atoms with Crippen LogP contribution in [-0.2, 0) is 10.4 Å². The Labute approximate surface area is 147 Å². The van der Waals surface area contributed by atoms with Crippen molar-refractivity contribution in [2.45, 2.75) is 12.0 Å². The minimum absolute atomic E-state index is 0.0247. The summed E-state index contributed by atoms with van der Waals surface area (Å²) in [5, 5.41) is 11.0. The van der Waals surface area contributed by atoms with Gasteiger partial charge in [-0.25, -0.2) is 0 Å². The molecule has 0 unspecified atom stereocenters. The van der Waals surface area contributed by atoms with Gasteiger partial charge in [-0.15, -0.1) is 6.42 Å². The van der Waals surface area contributed by atoms with E-state index in [1.165, 1.54) is 11.1 Å². The molecule has 1 aliphatic rings. The lowest BCUT2D eigenvalue weighted by atomic mass is 9.88. The molecule has 1 aliphatic heterocycles. The van der Waals surface area contributed by atoms with E-state index < -0.39 is 11.5 Å². The first kappa shape index (κ1) is 16.4. The van der Waals surface area contributed by atoms with Crippen LogP contribution in [0.1, 0.15) is 22.3 Å². The molecule has 0 spiro atoms. The Balaban J connectivity index is 2.03. The van der Waals surface area contributed by atoms with E-state index in [1.54, 1.807) is 36.5 Å². The third kappa shape index (κ3) is 2.62. The fraction of sp³-hybridized carbons (Fsp3) is 0.167. The lowest BCUT2D eigenvalue weighted by Gasteiger charge is -2.21. The minimum atomic E-state index is -1.94. The first-order chi connectivity index (χ1) is 11.5. The van der Waals surface area contributed by atoms with Gasteiger partial charge in [0.05, 0.1) is 18.7 Å². The lowest BCUT2D eigenvalue weighted by Crippen LogP contribution is -2.42. The number of nitrogens with zero attached hydrogens (tertiary/aromatic N) is 2. The smallest absolute Gasteiger partial charge is 0.265 e. The summed E-state index contributed by atoms with van der Waals surface area (Å²) < 4.78 is 0.698. The van der Waals surface area contributed by atoms with Crippen LogP contribution in [-0.4, -0.2) is 28.3 Å². The summed E-state index contributed by atoms with van der Waals surface area (Å²) in [5.41, 5.74) is -0.717. The Kier molecular flexibility index (Phi) is 4.22. The predicted octanol–water partition coefficient (Wildman–Crippen LogP) is 2.28. The zero-order valence-electron chi connectivity index (χ0n) is 12.6. The van der Waals surface area contributed by atoms with E-state index in [0.717, 1.165) is 0 Å². The maximum absolute atomic E-state index is 12.7. The number of Topliss-reactive ketones (excluding diaryl/α,β-unsaturated/α-hetero) is 1. The predicted molar refractivity (Wildman–Crippen MR) is 92.4 cm³/mol. The van der Waals surface area contributed by atoms with E-state index in [2.05, 4.69) is 26.8 Å². The Hall–Kier alpha value is -2.49. The van der Waals surface area contributed by atoms with E-state index in [0.29, 0.717) is 21.3 Å². The second-order valence-electron chi connectivity index (χ2n) is 5.46. The molecule has 0 fully saturated rings. The molecule has 3 rings (SSSR count). The summed E-state index contributed by atoms with van der Waals surface area (Å²) in [6, 6.07) is 8.31. The van der Waals surface area contributed by atoms with Gasteiger partial charge < -0.3 is 5.11 Å². The number of carbonyl (C=O) groups is 2. The van der Waals surface area contributed by atoms with Gasteiger partial charge in [-0.3, -0.25) is 19.5 Å². The zero-order chi connectivity index (χ0) is 17.3. The number of terminal acetylenes is 1. The highest BCUT2D eigenvalue weighted by Crippen LogP contribution is 2.43. The molecule has 2 aromatic rings. The molecule has 1 aromatic carbocycles. The molecule has 1 atom stereocenters. The van der Waals surface area contributed by atoms with Crippen molar-refractivity contribution in [3.05, 3.63) is 58.3 Å². The second-order valence-corrected chi connectivity index (χ2v) is 6.37. The molecule has 24 heavy (non-hydrogen) atoms. The van der Waals surface area contributed by atoms with E-state index in [9.17, 15) is 14.7 Å². The molecule has 5 nitrogen and oxygen atoms in total. The summed E-state index contributed by atoms with van der Waals surface area (Å²) in [7, 11) is 0. The monoisotopic (exact) mass is 384 g/mol. The van der Waals surface area contributed by atoms with Crippen LogP contribution in [0.2, 0.25) is 0 Å². The SMILES string of the molecule is C#CCN1C(=O)[C@@](O)(CC(=O)c2cccnc2)c2cc(Br)ccc21. The number of pyridine rings is 1. The van der Waals surface area contributed by atoms with Crippen molar-refractivity contribution in [3.8, 4) is 12.3 Å². The van der Waals surface area contributed by atoms with Crippen molar-refractivity contribution >= 4 is 33.3 Å². The standard InChI is InChI=1S/C18H13BrN2O3/c1-2-8-21-15-6-5-13(19)9-14(15)18(24,17(21)23)10-16(22)12-4-3-7-20-11-12/h1,3-7,9,11,24H,8,10H2/t18-/m1/s1. The van der Waals surface area contributed by atoms with Crippen LogP contribution in [0.25, 0.3) is 0 Å². The number of aromatic nitrogens is 1. The molecular formula is C18H13BrN2O3. The average molecular weight is 385 g/mol. The summed E-state index contributed by atoms with van der Waals surface area (Å²) in [4.78, 5) is 30.4. The maximum atomic E-state index is 12.7. The molecule has 6 heteroatoms. The number of hydrogen-bond acceptors (Lipinski definition) is 4. The highest BCUT2D eigenvalue weighted by atomic mass is 79.9. The quantitative estimate of drug-likeness (QED) is 0.648. The third-order valence-electron chi connectivity index (χ3n) is 3.94. The van der Waals surface area contributed by atoms with Crippen LogP contribution >= 0.6 is 15.9 Å². The van der Waals surface area contributed by atoms with Crippen molar-refractivity contribution in [2.24, 2.45) is 0 Å². The number of benzene rings is 1. The Bertz CT molecular complexity index is 860. The first-order valence-corrected chi connectivity index (χ1v) is 7.98. The van der Waals surface area contributed by atoms with Crippen molar-refractivity contribution < 1.29 is 14.7 Å². The van der Waals surface area contributed by atoms with Crippen LogP contribution in [0, 0.1) is 12.3 Å². The van der Waals surface area contributed by atoms with Gasteiger partial charge in [0.2, 0.25) is 0 Å². The maximum Gasteiger partial charge on any atom is 0.265 e. The topological polar surface area (TPSA) is 70.5 Å². The number of hydrogen-bond donors (Lipinski definition) is 1. The summed E-state index contributed by atoms with van der Waals surface area (Å²) in [6.45, 7) is 0.0247. The molecule has 0 saturated carbocycles. The van der Waals surface area contributed by atoms with E-state index in [-0.39, 0.29) is 18.7 Å². The van der Waals surface area contributed by atoms with Gasteiger partial charge in [0.15, 0.2) is 11.4 Å². The van der Waals surface area contributed by atoms with Gasteiger partial charge in [0.25, 0.3) is 5.91 Å². The average Bonchev–Trinajstić information content (AvgIpc) is 2.78. The van der Waals surface area contributed by atoms with Crippen molar-refractivity contribution in [2.75, 3.05) is 11.4 Å². The Morgan fingerprint density at radius 3 is 2.88 bits per heavy atom. The number of anilines is 1. The van der Waals surface area contributed by atoms with Crippen LogP contribution in [0.3, 0.4) is 0 Å². The molecule has 120 valence electrons. The number of fused-ring (bicyclic) bond motifs is 1. The molecule has 1 N–H and O–H groups in total. The van der Waals surface area contributed by atoms with Crippen LogP contribution in [0.15, 0.2) is 47.2 Å². The fourth-order valence-electron chi connectivity index (χ4n) is 2.80. The fourth-order valence-corrected chi connectivity index (χ4v) is 3.17. The number of carbonyl (C=O) groups excluding carboxylic acids is 2. The van der Waals surface area contributed by atoms with Crippen molar-refractivity contribution in [1.82, 2.24) is 4.98 Å². The minimum Gasteiger partial charge on any atom is -0.375 e. The van der Waals surface area contributed by atoms with Gasteiger partial charge in [-0.1, -0.05) is 21.9 Å². The largest absolute Gasteiger partial charge is 0.375 e. The Morgan fingerprint density at radius 2 is 2.21 bits per heavy atom. The molecule has 2 heterocycles. The van der Waals surface area contributed by atoms with E-state index in [1.807, 2.05) is 0 Å². The highest BCUT2D eigenvalue weighted by molar-refractivity contribution is 9.10. The highest BCUT2D eigenvalue weighted by Gasteiger charge is 2.50. The van der Waals surface area contributed by atoms with Gasteiger partial charge in [-0.05, 0) is 30.3 Å². The first-order valence-electron chi connectivity index (χ1n) is 7.18. The molecule has 1 amide bonds. The van der Waals surface area contributed by atoms with Gasteiger partial charge in [0.1, 0.15) is 0 Å². The number of ketones is 1. The van der Waals surface area contributed by atoms with E-state index >= 15 is 0 Å². The molecule has 0 radical (unpaired) electrons. The van der Waals surface area contributed by atoms with Crippen molar-refractivity contribution in [1.29, 1.82) is 0 Å². The van der Waals surface area contributed by atoms with Gasteiger partial charge >= 0.3 is 0 Å². The zero-order valence-corrected chi connectivity index (χ0v) is 14.2. The number of halogens is 1. The van der Waals surface area contributed by atoms with Gasteiger partial charge in [-0.2, -0.15) is 0 Å². The number of aliphatic hydroxyl groups is 1. The second kappa shape index (κ2) is 6.19. The number of amides is 1. The normalized spacial score (nSPS) is 19.0. The lowest BCUT2D eigenvalue weighted by molar-refractivity contribution is -0.135. The van der Waals surface area contributed by atoms with Crippen LogP contribution in [0.4, 0.5) is 5.69 Å². The summed E-state index contributed by atoms with van der Waals surface area (Å²) in [6.07, 6.45) is 7.91. The van der Waals surface area contributed by atoms with E-state index in [4.69, 9.17) is 6.42 Å². The molecular weight excluding hydrogens is 372 g/mol. The van der Waals surface area contributed by atoms with Crippen LogP contribution < -0.4 is 4.90 Å². The molecule has 0 bridgehead atoms. The third-order valence-corrected chi connectivity index (χ3v) is 4.44. The molecule has 0 aliphatic carbocycles. The Morgan fingerprint density at radius 1 is 1.42 bits per heavy atom. The summed E-state index contributed by atoms with van der Waals surface area (Å²) >= 11 is 3.33. The van der Waals surface area contributed by atoms with Gasteiger partial charge in [0, 0.05) is 28.0 Å². The van der Waals surface area contributed by atoms with Crippen molar-refractivity contribution in [3.63, 3.8) is 0 Å². The molecule has 1 aromatic heterocycles. The number of rotatable bonds is 4. The summed E-state index contributed by atoms with van der Waals surface area (Å²) in [5.74, 6) is 1.45. The molecule has 0 saturated heterocycles.